The average Bonchev–Trinajstić information content (AvgIpc) is 3.02. The molecule has 0 bridgehead atoms. The van der Waals surface area contributed by atoms with E-state index < -0.39 is 8.56 Å². The van der Waals surface area contributed by atoms with Crippen molar-refractivity contribution < 1.29 is 8.85 Å². The van der Waals surface area contributed by atoms with Crippen LogP contribution < -0.4 is 5.19 Å². The fraction of sp³-hybridized carbons (Fsp3) is 0.467. The molecule has 0 spiro atoms. The van der Waals surface area contributed by atoms with Crippen LogP contribution in [0.3, 0.4) is 0 Å². The van der Waals surface area contributed by atoms with Crippen molar-refractivity contribution in [2.75, 3.05) is 13.2 Å². The number of rotatable bonds is 9. The van der Waals surface area contributed by atoms with Gasteiger partial charge < -0.3 is 8.85 Å². The first-order valence-electron chi connectivity index (χ1n) is 7.48. The second-order valence-electron chi connectivity index (χ2n) is 4.75. The Kier molecular flexibility index (Phi) is 6.10. The molecular formula is C15H23N3O2Si. The molecule has 0 saturated heterocycles. The third-order valence-electron chi connectivity index (χ3n) is 3.33. The maximum absolute atomic E-state index is 6.15. The minimum absolute atomic E-state index is 0.671. The fourth-order valence-corrected chi connectivity index (χ4v) is 5.73. The molecule has 0 unspecified atom stereocenters. The average molecular weight is 305 g/mol. The van der Waals surface area contributed by atoms with Crippen LogP contribution in [0.1, 0.15) is 20.3 Å². The highest BCUT2D eigenvalue weighted by Crippen LogP contribution is 2.17. The molecule has 1 heterocycles. The Morgan fingerprint density at radius 1 is 1.10 bits per heavy atom. The summed E-state index contributed by atoms with van der Waals surface area (Å²) in [7, 11) is -2.37. The molecule has 2 rings (SSSR count). The van der Waals surface area contributed by atoms with Crippen LogP contribution >= 0.6 is 0 Å². The van der Waals surface area contributed by atoms with Gasteiger partial charge in [-0.3, -0.25) is 4.68 Å². The number of aryl methyl sites for hydroxylation is 1. The van der Waals surface area contributed by atoms with Crippen molar-refractivity contribution in [2.24, 2.45) is 0 Å². The number of benzene rings is 1. The van der Waals surface area contributed by atoms with Gasteiger partial charge in [-0.25, -0.2) is 0 Å². The van der Waals surface area contributed by atoms with Gasteiger partial charge in [0.1, 0.15) is 0 Å². The molecular weight excluding hydrogens is 282 g/mol. The summed E-state index contributed by atoms with van der Waals surface area (Å²) in [5.41, 5.74) is 0. The molecule has 0 fully saturated rings. The summed E-state index contributed by atoms with van der Waals surface area (Å²) in [6, 6.07) is 11.3. The molecule has 0 amide bonds. The summed E-state index contributed by atoms with van der Waals surface area (Å²) in [5, 5.41) is 9.03. The van der Waals surface area contributed by atoms with Crippen LogP contribution in [0.4, 0.5) is 0 Å². The lowest BCUT2D eigenvalue weighted by Crippen LogP contribution is -2.54. The Hall–Kier alpha value is -1.50. The van der Waals surface area contributed by atoms with E-state index in [9.17, 15) is 0 Å². The van der Waals surface area contributed by atoms with E-state index in [1.165, 1.54) is 5.19 Å². The third-order valence-corrected chi connectivity index (χ3v) is 7.07. The monoisotopic (exact) mass is 305 g/mol. The fourth-order valence-electron chi connectivity index (χ4n) is 2.48. The van der Waals surface area contributed by atoms with Crippen LogP contribution in [0.25, 0.3) is 0 Å². The largest absolute Gasteiger partial charge is 0.391 e. The van der Waals surface area contributed by atoms with Gasteiger partial charge in [0.15, 0.2) is 0 Å². The zero-order valence-electron chi connectivity index (χ0n) is 12.7. The van der Waals surface area contributed by atoms with Crippen molar-refractivity contribution in [3.8, 4) is 0 Å². The van der Waals surface area contributed by atoms with Crippen molar-refractivity contribution >= 4 is 13.7 Å². The van der Waals surface area contributed by atoms with Crippen molar-refractivity contribution in [1.29, 1.82) is 0 Å². The first kappa shape index (κ1) is 15.9. The van der Waals surface area contributed by atoms with Crippen LogP contribution in [-0.2, 0) is 15.4 Å². The van der Waals surface area contributed by atoms with Crippen LogP contribution in [0.2, 0.25) is 6.04 Å². The Balaban J connectivity index is 2.10. The molecule has 21 heavy (non-hydrogen) atoms. The first-order valence-corrected chi connectivity index (χ1v) is 9.50. The zero-order chi connectivity index (χ0) is 15.0. The standard InChI is InChI=1S/C15H23N3O2Si/c1-3-19-21(20-4-2,15-9-6-5-7-10-15)14-8-12-18-13-11-16-17-18/h5-7,9-11,13H,3-4,8,12,14H2,1-2H3. The minimum atomic E-state index is -2.37. The highest BCUT2D eigenvalue weighted by atomic mass is 28.4. The Labute approximate surface area is 127 Å². The molecule has 2 aromatic rings. The molecule has 0 aliphatic rings. The summed E-state index contributed by atoms with van der Waals surface area (Å²) in [6.45, 7) is 6.23. The van der Waals surface area contributed by atoms with Gasteiger partial charge in [-0.1, -0.05) is 35.5 Å². The number of nitrogens with zero attached hydrogens (tertiary/aromatic N) is 3. The van der Waals surface area contributed by atoms with Gasteiger partial charge in [0.05, 0.1) is 6.20 Å². The molecule has 0 N–H and O–H groups in total. The minimum Gasteiger partial charge on any atom is -0.391 e. The molecule has 0 radical (unpaired) electrons. The molecule has 0 aliphatic heterocycles. The SMILES string of the molecule is CCO[Si](CCCn1ccnn1)(OCC)c1ccccc1. The predicted octanol–water partition coefficient (Wildman–Crippen LogP) is 2.09. The lowest BCUT2D eigenvalue weighted by molar-refractivity contribution is 0.194. The summed E-state index contributed by atoms with van der Waals surface area (Å²) in [6.07, 6.45) is 4.55. The van der Waals surface area contributed by atoms with E-state index in [1.54, 1.807) is 6.20 Å². The van der Waals surface area contributed by atoms with Gasteiger partial charge in [-0.05, 0) is 31.5 Å². The predicted molar refractivity (Wildman–Crippen MR) is 84.5 cm³/mol. The quantitative estimate of drug-likeness (QED) is 0.666. The molecule has 0 atom stereocenters. The Bertz CT molecular complexity index is 499. The van der Waals surface area contributed by atoms with Gasteiger partial charge in [0.25, 0.3) is 0 Å². The topological polar surface area (TPSA) is 49.2 Å². The highest BCUT2D eigenvalue weighted by Gasteiger charge is 2.38. The van der Waals surface area contributed by atoms with Crippen LogP contribution in [0.5, 0.6) is 0 Å². The van der Waals surface area contributed by atoms with Gasteiger partial charge in [-0.15, -0.1) is 5.10 Å². The summed E-state index contributed by atoms with van der Waals surface area (Å²) < 4.78 is 14.1. The molecule has 114 valence electrons. The molecule has 5 nitrogen and oxygen atoms in total. The van der Waals surface area contributed by atoms with Crippen molar-refractivity contribution in [3.05, 3.63) is 42.7 Å². The van der Waals surface area contributed by atoms with Crippen molar-refractivity contribution in [1.82, 2.24) is 15.0 Å². The lowest BCUT2D eigenvalue weighted by atomic mass is 10.4. The van der Waals surface area contributed by atoms with Crippen LogP contribution in [0, 0.1) is 0 Å². The molecule has 0 saturated carbocycles. The lowest BCUT2D eigenvalue weighted by Gasteiger charge is -2.30. The zero-order valence-corrected chi connectivity index (χ0v) is 13.7. The second-order valence-corrected chi connectivity index (χ2v) is 7.92. The Morgan fingerprint density at radius 2 is 1.81 bits per heavy atom. The van der Waals surface area contributed by atoms with Gasteiger partial charge >= 0.3 is 8.56 Å². The van der Waals surface area contributed by atoms with E-state index in [0.29, 0.717) is 13.2 Å². The van der Waals surface area contributed by atoms with E-state index in [2.05, 4.69) is 22.4 Å². The second kappa shape index (κ2) is 8.07. The van der Waals surface area contributed by atoms with Crippen LogP contribution in [-0.4, -0.2) is 36.8 Å². The molecule has 1 aromatic heterocycles. The summed E-state index contributed by atoms with van der Waals surface area (Å²) >= 11 is 0. The van der Waals surface area contributed by atoms with Crippen molar-refractivity contribution in [3.63, 3.8) is 0 Å². The summed E-state index contributed by atoms with van der Waals surface area (Å²) in [5.74, 6) is 0. The smallest absolute Gasteiger partial charge is 0.372 e. The third kappa shape index (κ3) is 4.23. The van der Waals surface area contributed by atoms with Crippen LogP contribution in [0.15, 0.2) is 42.7 Å². The molecule has 6 heteroatoms. The number of hydrogen-bond donors (Lipinski definition) is 0. The number of hydrogen-bond acceptors (Lipinski definition) is 4. The van der Waals surface area contributed by atoms with Crippen molar-refractivity contribution in [2.45, 2.75) is 32.9 Å². The normalized spacial score (nSPS) is 11.7. The Morgan fingerprint density at radius 3 is 2.38 bits per heavy atom. The molecule has 0 aliphatic carbocycles. The van der Waals surface area contributed by atoms with Gasteiger partial charge in [0.2, 0.25) is 0 Å². The molecule has 1 aromatic carbocycles. The van der Waals surface area contributed by atoms with E-state index in [1.807, 2.05) is 42.9 Å². The van der Waals surface area contributed by atoms with Gasteiger partial charge in [-0.2, -0.15) is 0 Å². The first-order chi connectivity index (χ1) is 10.3. The van der Waals surface area contributed by atoms with E-state index >= 15 is 0 Å². The summed E-state index contributed by atoms with van der Waals surface area (Å²) in [4.78, 5) is 0. The number of aromatic nitrogens is 3. The van der Waals surface area contributed by atoms with Gasteiger partial charge in [0, 0.05) is 26.0 Å². The maximum atomic E-state index is 6.15. The van der Waals surface area contributed by atoms with E-state index in [0.717, 1.165) is 19.0 Å². The van der Waals surface area contributed by atoms with E-state index in [4.69, 9.17) is 8.85 Å². The maximum Gasteiger partial charge on any atom is 0.372 e. The van der Waals surface area contributed by atoms with E-state index in [-0.39, 0.29) is 0 Å². The highest BCUT2D eigenvalue weighted by molar-refractivity contribution is 6.81.